The van der Waals surface area contributed by atoms with Gasteiger partial charge in [0.2, 0.25) is 11.9 Å². The van der Waals surface area contributed by atoms with Gasteiger partial charge in [-0.2, -0.15) is 4.98 Å². The zero-order valence-electron chi connectivity index (χ0n) is 21.2. The number of esters is 1. The lowest BCUT2D eigenvalue weighted by Gasteiger charge is -2.19. The molecule has 0 atom stereocenters. The van der Waals surface area contributed by atoms with Crippen molar-refractivity contribution >= 4 is 46.6 Å². The molecule has 0 bridgehead atoms. The number of aromatic nitrogens is 2. The molecule has 1 aliphatic carbocycles. The van der Waals surface area contributed by atoms with Crippen LogP contribution in [0.3, 0.4) is 0 Å². The summed E-state index contributed by atoms with van der Waals surface area (Å²) in [5.41, 5.74) is 2.15. The highest BCUT2D eigenvalue weighted by Gasteiger charge is 2.44. The topological polar surface area (TPSA) is 126 Å². The van der Waals surface area contributed by atoms with Crippen molar-refractivity contribution in [3.8, 4) is 0 Å². The highest BCUT2D eigenvalue weighted by atomic mass is 19.1. The minimum atomic E-state index is -0.862. The van der Waals surface area contributed by atoms with Crippen LogP contribution in [0.1, 0.15) is 42.6 Å². The van der Waals surface area contributed by atoms with Crippen molar-refractivity contribution in [2.45, 2.75) is 38.1 Å². The van der Waals surface area contributed by atoms with Crippen molar-refractivity contribution in [3.63, 3.8) is 0 Å². The van der Waals surface area contributed by atoms with Crippen molar-refractivity contribution < 1.29 is 23.5 Å². The van der Waals surface area contributed by atoms with Crippen molar-refractivity contribution in [1.82, 2.24) is 15.3 Å². The maximum atomic E-state index is 14.5. The average Bonchev–Trinajstić information content (AvgIpc) is 3.70. The number of fused-ring (bicyclic) bond motifs is 1. The molecule has 0 saturated heterocycles. The number of benzene rings is 2. The number of halogens is 1. The van der Waals surface area contributed by atoms with E-state index in [2.05, 4.69) is 25.9 Å². The summed E-state index contributed by atoms with van der Waals surface area (Å²) in [4.78, 5) is 46.7. The first-order chi connectivity index (χ1) is 18.2. The zero-order chi connectivity index (χ0) is 27.0. The lowest BCUT2D eigenvalue weighted by molar-refractivity contribution is -0.140. The Morgan fingerprint density at radius 1 is 1.11 bits per heavy atom. The van der Waals surface area contributed by atoms with Crippen LogP contribution in [-0.4, -0.2) is 47.4 Å². The molecule has 2 amide bonds. The summed E-state index contributed by atoms with van der Waals surface area (Å²) in [5.74, 6) is -1.41. The average molecular weight is 519 g/mol. The Morgan fingerprint density at radius 2 is 1.82 bits per heavy atom. The molecule has 3 N–H and O–H groups in total. The van der Waals surface area contributed by atoms with E-state index in [1.165, 1.54) is 12.0 Å². The molecule has 10 nitrogen and oxygen atoms in total. The van der Waals surface area contributed by atoms with Gasteiger partial charge in [0, 0.05) is 28.7 Å². The summed E-state index contributed by atoms with van der Waals surface area (Å²) in [5, 5.41) is 8.89. The van der Waals surface area contributed by atoms with Crippen LogP contribution in [0.4, 0.5) is 33.2 Å². The van der Waals surface area contributed by atoms with Crippen molar-refractivity contribution in [2.24, 2.45) is 0 Å². The second-order valence-corrected chi connectivity index (χ2v) is 9.79. The third kappa shape index (κ3) is 4.99. The molecule has 2 aliphatic rings. The number of hydrogen-bond acceptors (Lipinski definition) is 8. The van der Waals surface area contributed by atoms with Gasteiger partial charge in [0.1, 0.15) is 6.54 Å². The van der Waals surface area contributed by atoms with Crippen LogP contribution in [0.15, 0.2) is 48.7 Å². The van der Waals surface area contributed by atoms with E-state index in [4.69, 9.17) is 4.74 Å². The first-order valence-corrected chi connectivity index (χ1v) is 12.2. The van der Waals surface area contributed by atoms with Gasteiger partial charge in [-0.15, -0.1) is 0 Å². The van der Waals surface area contributed by atoms with Crippen LogP contribution >= 0.6 is 0 Å². The lowest BCUT2D eigenvalue weighted by Crippen LogP contribution is -2.39. The van der Waals surface area contributed by atoms with E-state index in [1.807, 2.05) is 0 Å². The number of methoxy groups -OCH3 is 1. The van der Waals surface area contributed by atoms with Gasteiger partial charge in [0.25, 0.3) is 5.91 Å². The van der Waals surface area contributed by atoms with Gasteiger partial charge in [-0.1, -0.05) is 0 Å². The third-order valence-electron chi connectivity index (χ3n) is 6.58. The predicted octanol–water partition coefficient (Wildman–Crippen LogP) is 3.79. The largest absolute Gasteiger partial charge is 0.468 e. The summed E-state index contributed by atoms with van der Waals surface area (Å²) in [6.07, 6.45) is 3.06. The van der Waals surface area contributed by atoms with Gasteiger partial charge in [-0.25, -0.2) is 9.37 Å². The molecule has 0 spiro atoms. The summed E-state index contributed by atoms with van der Waals surface area (Å²) in [6.45, 7) is 3.39. The van der Waals surface area contributed by atoms with Crippen LogP contribution in [0.2, 0.25) is 0 Å². The molecule has 11 heteroatoms. The normalized spacial score (nSPS) is 15.6. The SMILES string of the molecule is COC(=O)CN1C(=O)C(C)(C)c2cc(Nc3ncc(F)c(Nc4ccc(C(=O)NC5CC5)cc4)n3)ccc21. The van der Waals surface area contributed by atoms with Gasteiger partial charge in [0.15, 0.2) is 11.6 Å². The third-order valence-corrected chi connectivity index (χ3v) is 6.58. The van der Waals surface area contributed by atoms with E-state index in [9.17, 15) is 18.8 Å². The van der Waals surface area contributed by atoms with Gasteiger partial charge in [-0.3, -0.25) is 14.4 Å². The molecule has 1 saturated carbocycles. The predicted molar refractivity (Wildman–Crippen MR) is 139 cm³/mol. The van der Waals surface area contributed by atoms with E-state index >= 15 is 0 Å². The quantitative estimate of drug-likeness (QED) is 0.385. The minimum absolute atomic E-state index is 0.0430. The van der Waals surface area contributed by atoms with Gasteiger partial charge in [-0.05, 0) is 74.7 Å². The molecule has 3 aromatic rings. The molecule has 0 radical (unpaired) electrons. The Kier molecular flexibility index (Phi) is 6.43. The van der Waals surface area contributed by atoms with Crippen LogP contribution in [0.25, 0.3) is 0 Å². The molecule has 2 heterocycles. The van der Waals surface area contributed by atoms with Crippen LogP contribution in [0, 0.1) is 5.82 Å². The zero-order valence-corrected chi connectivity index (χ0v) is 21.2. The molecule has 1 fully saturated rings. The van der Waals surface area contributed by atoms with E-state index in [0.717, 1.165) is 24.6 Å². The fourth-order valence-corrected chi connectivity index (χ4v) is 4.24. The number of ether oxygens (including phenoxy) is 1. The van der Waals surface area contributed by atoms with E-state index < -0.39 is 17.2 Å². The summed E-state index contributed by atoms with van der Waals surface area (Å²) < 4.78 is 19.2. The number of anilines is 5. The highest BCUT2D eigenvalue weighted by Crippen LogP contribution is 2.43. The van der Waals surface area contributed by atoms with Crippen molar-refractivity contribution in [2.75, 3.05) is 29.2 Å². The van der Waals surface area contributed by atoms with Crippen molar-refractivity contribution in [3.05, 3.63) is 65.6 Å². The van der Waals surface area contributed by atoms with Crippen LogP contribution in [0.5, 0.6) is 0 Å². The molecule has 1 aliphatic heterocycles. The summed E-state index contributed by atoms with van der Waals surface area (Å²) >= 11 is 0. The van der Waals surface area contributed by atoms with Crippen molar-refractivity contribution in [1.29, 1.82) is 0 Å². The standard InChI is InChI=1S/C27H27FN6O4/c1-27(2)19-12-18(10-11-21(19)34(25(27)37)14-22(35)38-3)32-26-29-13-20(28)23(33-26)30-16-6-4-15(5-7-16)24(36)31-17-8-9-17/h4-7,10-13,17H,8-9,14H2,1-3H3,(H,31,36)(H2,29,30,32,33). The number of amides is 2. The van der Waals surface area contributed by atoms with Gasteiger partial charge in [0.05, 0.1) is 18.7 Å². The molecule has 0 unspecified atom stereocenters. The monoisotopic (exact) mass is 518 g/mol. The molecule has 1 aromatic heterocycles. The molecule has 196 valence electrons. The number of carbonyl (C=O) groups excluding carboxylic acids is 3. The maximum absolute atomic E-state index is 14.5. The summed E-state index contributed by atoms with van der Waals surface area (Å²) in [6, 6.07) is 12.2. The molecule has 2 aromatic carbocycles. The lowest BCUT2D eigenvalue weighted by atomic mass is 9.86. The Morgan fingerprint density at radius 3 is 2.50 bits per heavy atom. The van der Waals surface area contributed by atoms with E-state index in [-0.39, 0.29) is 36.2 Å². The Balaban J connectivity index is 1.32. The van der Waals surface area contributed by atoms with E-state index in [0.29, 0.717) is 22.6 Å². The Hall–Kier alpha value is -4.54. The van der Waals surface area contributed by atoms with Crippen LogP contribution < -0.4 is 20.9 Å². The van der Waals surface area contributed by atoms with E-state index in [1.54, 1.807) is 56.3 Å². The Labute approximate surface area is 218 Å². The minimum Gasteiger partial charge on any atom is -0.468 e. The highest BCUT2D eigenvalue weighted by molar-refractivity contribution is 6.10. The second-order valence-electron chi connectivity index (χ2n) is 9.79. The number of carbonyl (C=O) groups is 3. The number of hydrogen-bond donors (Lipinski definition) is 3. The molecular weight excluding hydrogens is 491 g/mol. The first kappa shape index (κ1) is 25.1. The first-order valence-electron chi connectivity index (χ1n) is 12.2. The maximum Gasteiger partial charge on any atom is 0.325 e. The number of rotatable bonds is 8. The second kappa shape index (κ2) is 9.73. The smallest absolute Gasteiger partial charge is 0.325 e. The summed E-state index contributed by atoms with van der Waals surface area (Å²) in [7, 11) is 1.28. The molecule has 38 heavy (non-hydrogen) atoms. The van der Waals surface area contributed by atoms with Gasteiger partial charge < -0.3 is 25.6 Å². The molecular formula is C27H27FN6O4. The van der Waals surface area contributed by atoms with Gasteiger partial charge >= 0.3 is 5.97 Å². The fraction of sp³-hybridized carbons (Fsp3) is 0.296. The fourth-order valence-electron chi connectivity index (χ4n) is 4.24. The number of nitrogens with zero attached hydrogens (tertiary/aromatic N) is 3. The Bertz CT molecular complexity index is 1420. The molecule has 5 rings (SSSR count). The number of nitrogens with one attached hydrogen (secondary N) is 3. The van der Waals surface area contributed by atoms with Crippen LogP contribution in [-0.2, 0) is 19.7 Å².